The van der Waals surface area contributed by atoms with Crippen LogP contribution in [0.1, 0.15) is 75.7 Å². The first-order chi connectivity index (χ1) is 8.74. The van der Waals surface area contributed by atoms with E-state index >= 15 is 0 Å². The summed E-state index contributed by atoms with van der Waals surface area (Å²) >= 11 is 0. The van der Waals surface area contributed by atoms with Crippen molar-refractivity contribution < 1.29 is 0 Å². The SMILES string of the molecule is CCCNC(C)c1cnn(C2CCCCC2)c1C. The lowest BCUT2D eigenvalue weighted by Crippen LogP contribution is -2.20. The van der Waals surface area contributed by atoms with Crippen molar-refractivity contribution in [3.8, 4) is 0 Å². The average molecular weight is 249 g/mol. The Labute approximate surface area is 111 Å². The zero-order valence-corrected chi connectivity index (χ0v) is 12.1. The lowest BCUT2D eigenvalue weighted by molar-refractivity contribution is 0.324. The molecule has 0 spiro atoms. The fourth-order valence-electron chi connectivity index (χ4n) is 3.03. The summed E-state index contributed by atoms with van der Waals surface area (Å²) < 4.78 is 2.28. The first-order valence-electron chi connectivity index (χ1n) is 7.51. The van der Waals surface area contributed by atoms with Gasteiger partial charge in [0.2, 0.25) is 0 Å². The molecule has 1 aromatic heterocycles. The molecule has 1 aliphatic rings. The zero-order chi connectivity index (χ0) is 13.0. The van der Waals surface area contributed by atoms with Crippen LogP contribution in [0.3, 0.4) is 0 Å². The monoisotopic (exact) mass is 249 g/mol. The van der Waals surface area contributed by atoms with Crippen LogP contribution in [0.4, 0.5) is 0 Å². The van der Waals surface area contributed by atoms with Crippen molar-refractivity contribution in [3.63, 3.8) is 0 Å². The minimum Gasteiger partial charge on any atom is -0.310 e. The van der Waals surface area contributed by atoms with Crippen LogP contribution in [-0.4, -0.2) is 16.3 Å². The van der Waals surface area contributed by atoms with Crippen molar-refractivity contribution in [1.29, 1.82) is 0 Å². The third-order valence-electron chi connectivity index (χ3n) is 4.17. The quantitative estimate of drug-likeness (QED) is 0.861. The Morgan fingerprint density at radius 1 is 1.39 bits per heavy atom. The third kappa shape index (κ3) is 2.94. The summed E-state index contributed by atoms with van der Waals surface area (Å²) in [6, 6.07) is 1.06. The van der Waals surface area contributed by atoms with Crippen molar-refractivity contribution in [3.05, 3.63) is 17.5 Å². The molecule has 1 aliphatic carbocycles. The van der Waals surface area contributed by atoms with E-state index in [-0.39, 0.29) is 0 Å². The topological polar surface area (TPSA) is 29.9 Å². The number of nitrogens with zero attached hydrogens (tertiary/aromatic N) is 2. The molecule has 0 aliphatic heterocycles. The molecule has 0 aromatic carbocycles. The molecular formula is C15H27N3. The van der Waals surface area contributed by atoms with Crippen LogP contribution in [0, 0.1) is 6.92 Å². The number of hydrogen-bond donors (Lipinski definition) is 1. The highest BCUT2D eigenvalue weighted by Crippen LogP contribution is 2.30. The first-order valence-corrected chi connectivity index (χ1v) is 7.51. The lowest BCUT2D eigenvalue weighted by Gasteiger charge is -2.24. The summed E-state index contributed by atoms with van der Waals surface area (Å²) in [5.74, 6) is 0. The van der Waals surface area contributed by atoms with E-state index in [9.17, 15) is 0 Å². The molecule has 0 bridgehead atoms. The summed E-state index contributed by atoms with van der Waals surface area (Å²) in [7, 11) is 0. The average Bonchev–Trinajstić information content (AvgIpc) is 2.79. The predicted molar refractivity (Wildman–Crippen MR) is 75.8 cm³/mol. The Hall–Kier alpha value is -0.830. The summed E-state index contributed by atoms with van der Waals surface area (Å²) in [4.78, 5) is 0. The van der Waals surface area contributed by atoms with E-state index in [2.05, 4.69) is 42.1 Å². The van der Waals surface area contributed by atoms with Gasteiger partial charge >= 0.3 is 0 Å². The summed E-state index contributed by atoms with van der Waals surface area (Å²) in [6.45, 7) is 7.75. The van der Waals surface area contributed by atoms with Gasteiger partial charge in [-0.25, -0.2) is 0 Å². The molecule has 3 nitrogen and oxygen atoms in total. The number of nitrogens with one attached hydrogen (secondary N) is 1. The third-order valence-corrected chi connectivity index (χ3v) is 4.17. The Kier molecular flexibility index (Phi) is 4.81. The van der Waals surface area contributed by atoms with E-state index in [0.717, 1.165) is 6.54 Å². The van der Waals surface area contributed by atoms with E-state index < -0.39 is 0 Å². The predicted octanol–water partition coefficient (Wildman–Crippen LogP) is 3.76. The molecule has 1 heterocycles. The van der Waals surface area contributed by atoms with Gasteiger partial charge in [-0.1, -0.05) is 26.2 Å². The maximum atomic E-state index is 4.65. The largest absolute Gasteiger partial charge is 0.310 e. The standard InChI is InChI=1S/C15H27N3/c1-4-10-16-12(2)15-11-17-18(13(15)3)14-8-6-5-7-9-14/h11-12,14,16H,4-10H2,1-3H3. The molecule has 102 valence electrons. The van der Waals surface area contributed by atoms with Gasteiger partial charge in [-0.15, -0.1) is 0 Å². The highest BCUT2D eigenvalue weighted by molar-refractivity contribution is 5.20. The summed E-state index contributed by atoms with van der Waals surface area (Å²) in [5.41, 5.74) is 2.73. The highest BCUT2D eigenvalue weighted by Gasteiger charge is 2.20. The van der Waals surface area contributed by atoms with Crippen molar-refractivity contribution >= 4 is 0 Å². The van der Waals surface area contributed by atoms with Gasteiger partial charge in [0.25, 0.3) is 0 Å². The maximum absolute atomic E-state index is 4.65. The molecule has 1 fully saturated rings. The molecule has 1 N–H and O–H groups in total. The van der Waals surface area contributed by atoms with Crippen molar-refractivity contribution in [2.45, 2.75) is 71.4 Å². The fourth-order valence-corrected chi connectivity index (χ4v) is 3.03. The maximum Gasteiger partial charge on any atom is 0.0540 e. The van der Waals surface area contributed by atoms with Gasteiger partial charge in [-0.05, 0) is 39.7 Å². The Bertz CT molecular complexity index is 364. The normalized spacial score (nSPS) is 19.1. The molecule has 0 radical (unpaired) electrons. The van der Waals surface area contributed by atoms with Crippen LogP contribution < -0.4 is 5.32 Å². The van der Waals surface area contributed by atoms with E-state index in [0.29, 0.717) is 12.1 Å². The lowest BCUT2D eigenvalue weighted by atomic mass is 9.95. The number of aromatic nitrogens is 2. The van der Waals surface area contributed by atoms with E-state index in [1.807, 2.05) is 0 Å². The van der Waals surface area contributed by atoms with Crippen LogP contribution in [0.2, 0.25) is 0 Å². The van der Waals surface area contributed by atoms with E-state index in [4.69, 9.17) is 0 Å². The molecule has 1 unspecified atom stereocenters. The molecule has 1 atom stereocenters. The Morgan fingerprint density at radius 3 is 2.78 bits per heavy atom. The molecule has 0 saturated heterocycles. The molecule has 2 rings (SSSR count). The Morgan fingerprint density at radius 2 is 2.11 bits per heavy atom. The molecule has 0 amide bonds. The zero-order valence-electron chi connectivity index (χ0n) is 12.1. The van der Waals surface area contributed by atoms with Crippen LogP contribution >= 0.6 is 0 Å². The highest BCUT2D eigenvalue weighted by atomic mass is 15.3. The van der Waals surface area contributed by atoms with Crippen molar-refractivity contribution in [2.75, 3.05) is 6.54 Å². The molecule has 1 saturated carbocycles. The van der Waals surface area contributed by atoms with Gasteiger partial charge in [0.15, 0.2) is 0 Å². The second-order valence-corrected chi connectivity index (χ2v) is 5.60. The van der Waals surface area contributed by atoms with Crippen LogP contribution in [-0.2, 0) is 0 Å². The fraction of sp³-hybridized carbons (Fsp3) is 0.800. The minimum absolute atomic E-state index is 0.419. The van der Waals surface area contributed by atoms with Gasteiger partial charge in [-0.2, -0.15) is 5.10 Å². The summed E-state index contributed by atoms with van der Waals surface area (Å²) in [5, 5.41) is 8.20. The minimum atomic E-state index is 0.419. The van der Waals surface area contributed by atoms with Gasteiger partial charge in [0, 0.05) is 17.3 Å². The first kappa shape index (κ1) is 13.6. The van der Waals surface area contributed by atoms with Gasteiger partial charge in [-0.3, -0.25) is 4.68 Å². The van der Waals surface area contributed by atoms with Crippen LogP contribution in [0.15, 0.2) is 6.20 Å². The van der Waals surface area contributed by atoms with Crippen molar-refractivity contribution in [1.82, 2.24) is 15.1 Å². The number of hydrogen-bond acceptors (Lipinski definition) is 2. The van der Waals surface area contributed by atoms with Gasteiger partial charge in [0.1, 0.15) is 0 Å². The molecule has 3 heteroatoms. The number of rotatable bonds is 5. The Balaban J connectivity index is 2.07. The summed E-state index contributed by atoms with van der Waals surface area (Å²) in [6.07, 6.45) is 9.99. The van der Waals surface area contributed by atoms with Gasteiger partial charge < -0.3 is 5.32 Å². The van der Waals surface area contributed by atoms with Crippen LogP contribution in [0.5, 0.6) is 0 Å². The second kappa shape index (κ2) is 6.37. The smallest absolute Gasteiger partial charge is 0.0540 e. The van der Waals surface area contributed by atoms with E-state index in [1.165, 1.54) is 49.8 Å². The second-order valence-electron chi connectivity index (χ2n) is 5.60. The van der Waals surface area contributed by atoms with Crippen molar-refractivity contribution in [2.24, 2.45) is 0 Å². The molecule has 18 heavy (non-hydrogen) atoms. The van der Waals surface area contributed by atoms with E-state index in [1.54, 1.807) is 0 Å². The molecular weight excluding hydrogens is 222 g/mol. The molecule has 1 aromatic rings. The van der Waals surface area contributed by atoms with Crippen LogP contribution in [0.25, 0.3) is 0 Å². The van der Waals surface area contributed by atoms with Gasteiger partial charge in [0.05, 0.1) is 12.2 Å².